The van der Waals surface area contributed by atoms with E-state index in [-0.39, 0.29) is 23.5 Å². The minimum absolute atomic E-state index is 0.0625. The normalized spacial score (nSPS) is 10.6. The van der Waals surface area contributed by atoms with Crippen LogP contribution in [0.15, 0.2) is 10.6 Å². The Morgan fingerprint density at radius 2 is 2.38 bits per heavy atom. The van der Waals surface area contributed by atoms with E-state index in [9.17, 15) is 10.1 Å². The van der Waals surface area contributed by atoms with Crippen molar-refractivity contribution in [2.45, 2.75) is 13.5 Å². The van der Waals surface area contributed by atoms with Crippen molar-refractivity contribution in [3.8, 4) is 11.7 Å². The van der Waals surface area contributed by atoms with Crippen LogP contribution in [0.5, 0.6) is 0 Å². The summed E-state index contributed by atoms with van der Waals surface area (Å²) in [6.07, 6.45) is 1.14. The Hall–Kier alpha value is -2.45. The molecule has 0 saturated heterocycles. The Balaban J connectivity index is 2.53. The lowest BCUT2D eigenvalue weighted by Crippen LogP contribution is -2.02. The van der Waals surface area contributed by atoms with E-state index in [4.69, 9.17) is 10.2 Å². The number of hydrogen-bond acceptors (Lipinski definition) is 7. The fourth-order valence-electron chi connectivity index (χ4n) is 1.32. The van der Waals surface area contributed by atoms with Crippen molar-refractivity contribution in [1.29, 1.82) is 0 Å². The van der Waals surface area contributed by atoms with Crippen LogP contribution in [0.1, 0.15) is 6.92 Å². The van der Waals surface area contributed by atoms with Crippen molar-refractivity contribution in [1.82, 2.24) is 19.7 Å². The van der Waals surface area contributed by atoms with Gasteiger partial charge in [-0.05, 0) is 11.8 Å². The van der Waals surface area contributed by atoms with E-state index in [1.54, 1.807) is 6.92 Å². The molecule has 0 aromatic carbocycles. The molecule has 0 fully saturated rings. The number of nitro groups is 1. The molecule has 0 spiro atoms. The molecule has 0 aliphatic carbocycles. The lowest BCUT2D eigenvalue weighted by atomic mass is 10.5. The molecule has 0 radical (unpaired) electrons. The molecule has 0 aliphatic rings. The van der Waals surface area contributed by atoms with Crippen LogP contribution in [-0.4, -0.2) is 24.7 Å². The van der Waals surface area contributed by atoms with Gasteiger partial charge in [-0.1, -0.05) is 5.10 Å². The zero-order valence-corrected chi connectivity index (χ0v) is 8.32. The molecule has 2 heterocycles. The van der Waals surface area contributed by atoms with E-state index in [0.717, 1.165) is 6.20 Å². The van der Waals surface area contributed by atoms with Gasteiger partial charge >= 0.3 is 17.7 Å². The molecule has 2 rings (SSSR count). The number of aromatic nitrogens is 4. The van der Waals surface area contributed by atoms with Crippen molar-refractivity contribution in [2.24, 2.45) is 0 Å². The number of nitrogens with two attached hydrogens (primary N) is 1. The minimum Gasteiger partial charge on any atom is -0.399 e. The van der Waals surface area contributed by atoms with E-state index in [0.29, 0.717) is 6.54 Å². The SMILES string of the molecule is CCn1c([N+](=O)[O-])cnc1-c1nnc(N)o1. The first-order chi connectivity index (χ1) is 7.63. The summed E-state index contributed by atoms with van der Waals surface area (Å²) in [7, 11) is 0. The lowest BCUT2D eigenvalue weighted by Gasteiger charge is -1.97. The molecule has 9 nitrogen and oxygen atoms in total. The van der Waals surface area contributed by atoms with Crippen LogP contribution < -0.4 is 5.73 Å². The summed E-state index contributed by atoms with van der Waals surface area (Å²) in [5.74, 6) is 0.167. The molecule has 16 heavy (non-hydrogen) atoms. The highest BCUT2D eigenvalue weighted by atomic mass is 16.6. The maximum absolute atomic E-state index is 10.7. The zero-order chi connectivity index (χ0) is 11.7. The molecule has 0 saturated carbocycles. The third-order valence-corrected chi connectivity index (χ3v) is 1.97. The Morgan fingerprint density at radius 3 is 2.88 bits per heavy atom. The summed E-state index contributed by atoms with van der Waals surface area (Å²) < 4.78 is 6.31. The second kappa shape index (κ2) is 3.61. The predicted octanol–water partition coefficient (Wildman–Crippen LogP) is 0.443. The molecule has 0 unspecified atom stereocenters. The number of imidazole rings is 1. The highest BCUT2D eigenvalue weighted by Crippen LogP contribution is 2.22. The standard InChI is InChI=1S/C7H8N6O3/c1-2-12-4(13(14)15)3-9-5(12)6-10-11-7(8)16-6/h3H,2H2,1H3,(H2,8,11). The van der Waals surface area contributed by atoms with Crippen LogP contribution in [0.4, 0.5) is 11.8 Å². The Bertz CT molecular complexity index is 530. The topological polar surface area (TPSA) is 126 Å². The van der Waals surface area contributed by atoms with Gasteiger partial charge in [-0.2, -0.15) is 0 Å². The second-order valence-corrected chi connectivity index (χ2v) is 2.89. The number of anilines is 1. The second-order valence-electron chi connectivity index (χ2n) is 2.89. The molecule has 2 aromatic heterocycles. The lowest BCUT2D eigenvalue weighted by molar-refractivity contribution is -0.392. The van der Waals surface area contributed by atoms with Gasteiger partial charge in [0, 0.05) is 0 Å². The fourth-order valence-corrected chi connectivity index (χ4v) is 1.32. The Labute approximate surface area is 89.1 Å². The molecule has 0 amide bonds. The Morgan fingerprint density at radius 1 is 1.62 bits per heavy atom. The van der Waals surface area contributed by atoms with Gasteiger partial charge in [-0.25, -0.2) is 9.55 Å². The summed E-state index contributed by atoms with van der Waals surface area (Å²) in [6.45, 7) is 2.12. The van der Waals surface area contributed by atoms with E-state index >= 15 is 0 Å². The van der Waals surface area contributed by atoms with Gasteiger partial charge < -0.3 is 20.3 Å². The summed E-state index contributed by atoms with van der Waals surface area (Å²) in [5.41, 5.74) is 5.26. The van der Waals surface area contributed by atoms with Crippen molar-refractivity contribution in [3.63, 3.8) is 0 Å². The monoisotopic (exact) mass is 224 g/mol. The average Bonchev–Trinajstić information content (AvgIpc) is 2.82. The summed E-state index contributed by atoms with van der Waals surface area (Å²) in [4.78, 5) is 14.0. The molecule has 9 heteroatoms. The highest BCUT2D eigenvalue weighted by Gasteiger charge is 2.24. The summed E-state index contributed by atoms with van der Waals surface area (Å²) >= 11 is 0. The smallest absolute Gasteiger partial charge is 0.343 e. The average molecular weight is 224 g/mol. The molecule has 0 bridgehead atoms. The first-order valence-corrected chi connectivity index (χ1v) is 4.42. The van der Waals surface area contributed by atoms with Crippen LogP contribution in [0.3, 0.4) is 0 Å². The van der Waals surface area contributed by atoms with Crippen LogP contribution in [0, 0.1) is 10.1 Å². The van der Waals surface area contributed by atoms with Gasteiger partial charge in [0.25, 0.3) is 5.82 Å². The summed E-state index contributed by atoms with van der Waals surface area (Å²) in [6, 6.07) is -0.108. The first-order valence-electron chi connectivity index (χ1n) is 4.42. The molecule has 2 aromatic rings. The van der Waals surface area contributed by atoms with Crippen molar-refractivity contribution in [3.05, 3.63) is 16.3 Å². The van der Waals surface area contributed by atoms with Crippen LogP contribution >= 0.6 is 0 Å². The van der Waals surface area contributed by atoms with Gasteiger partial charge in [-0.15, -0.1) is 5.10 Å². The molecule has 0 aliphatic heterocycles. The molecular formula is C7H8N6O3. The number of hydrogen-bond donors (Lipinski definition) is 1. The fraction of sp³-hybridized carbons (Fsp3) is 0.286. The molecule has 2 N–H and O–H groups in total. The molecule has 84 valence electrons. The molecule has 0 atom stereocenters. The summed E-state index contributed by atoms with van der Waals surface area (Å²) in [5, 5.41) is 17.8. The minimum atomic E-state index is -0.528. The third kappa shape index (κ3) is 1.47. The van der Waals surface area contributed by atoms with E-state index in [1.807, 2.05) is 0 Å². The number of nitrogens with zero attached hydrogens (tertiary/aromatic N) is 5. The Kier molecular flexibility index (Phi) is 2.27. The van der Waals surface area contributed by atoms with Gasteiger partial charge in [0.1, 0.15) is 6.20 Å². The van der Waals surface area contributed by atoms with Gasteiger partial charge in [0.2, 0.25) is 0 Å². The highest BCUT2D eigenvalue weighted by molar-refractivity contribution is 5.46. The van der Waals surface area contributed by atoms with Gasteiger partial charge in [-0.3, -0.25) is 0 Å². The third-order valence-electron chi connectivity index (χ3n) is 1.97. The van der Waals surface area contributed by atoms with Crippen LogP contribution in [0.25, 0.3) is 11.7 Å². The van der Waals surface area contributed by atoms with Crippen molar-refractivity contribution in [2.75, 3.05) is 5.73 Å². The van der Waals surface area contributed by atoms with Crippen molar-refractivity contribution >= 4 is 11.8 Å². The number of rotatable bonds is 3. The van der Waals surface area contributed by atoms with E-state index in [2.05, 4.69) is 15.2 Å². The van der Waals surface area contributed by atoms with Gasteiger partial charge in [0.15, 0.2) is 0 Å². The van der Waals surface area contributed by atoms with Crippen LogP contribution in [0.2, 0.25) is 0 Å². The zero-order valence-electron chi connectivity index (χ0n) is 8.32. The molecular weight excluding hydrogens is 216 g/mol. The van der Waals surface area contributed by atoms with Crippen LogP contribution in [-0.2, 0) is 6.54 Å². The van der Waals surface area contributed by atoms with E-state index < -0.39 is 4.92 Å². The predicted molar refractivity (Wildman–Crippen MR) is 52.3 cm³/mol. The largest absolute Gasteiger partial charge is 0.399 e. The maximum Gasteiger partial charge on any atom is 0.343 e. The number of nitrogen functional groups attached to an aromatic ring is 1. The first kappa shape index (κ1) is 10.1. The van der Waals surface area contributed by atoms with E-state index in [1.165, 1.54) is 4.57 Å². The van der Waals surface area contributed by atoms with Crippen molar-refractivity contribution < 1.29 is 9.34 Å². The quantitative estimate of drug-likeness (QED) is 0.592. The van der Waals surface area contributed by atoms with Gasteiger partial charge in [0.05, 0.1) is 6.54 Å². The maximum atomic E-state index is 10.7.